The first-order chi connectivity index (χ1) is 11.6. The Hall–Kier alpha value is -1.40. The smallest absolute Gasteiger partial charge is 0.239 e. The van der Waals surface area contributed by atoms with E-state index in [0.29, 0.717) is 11.9 Å². The topological polar surface area (TPSA) is 44.6 Å². The van der Waals surface area contributed by atoms with Crippen molar-refractivity contribution >= 4 is 5.91 Å². The SMILES string of the molecule is CCN1CCN(C(=O)[C@H](C)N2CCC[C@@H]2Cn2cc(C)cn2)CC1. The maximum absolute atomic E-state index is 12.9. The predicted molar refractivity (Wildman–Crippen MR) is 94.8 cm³/mol. The molecule has 1 aromatic rings. The standard InChI is InChI=1S/C18H31N5O/c1-4-20-8-10-21(11-9-20)18(24)16(3)23-7-5-6-17(23)14-22-13-15(2)12-19-22/h12-13,16-17H,4-11,14H2,1-3H3/t16-,17+/m0/s1. The zero-order valence-corrected chi connectivity index (χ0v) is 15.3. The zero-order valence-electron chi connectivity index (χ0n) is 15.3. The zero-order chi connectivity index (χ0) is 17.1. The molecule has 2 fully saturated rings. The Balaban J connectivity index is 1.58. The van der Waals surface area contributed by atoms with Crippen LogP contribution in [0.25, 0.3) is 0 Å². The molecule has 0 radical (unpaired) electrons. The summed E-state index contributed by atoms with van der Waals surface area (Å²) in [6.45, 7) is 13.1. The van der Waals surface area contributed by atoms with Crippen LogP contribution in [0.1, 0.15) is 32.3 Å². The van der Waals surface area contributed by atoms with Gasteiger partial charge in [-0.2, -0.15) is 5.10 Å². The van der Waals surface area contributed by atoms with Gasteiger partial charge in [0.15, 0.2) is 0 Å². The minimum absolute atomic E-state index is 0.0256. The summed E-state index contributed by atoms with van der Waals surface area (Å²) in [5.74, 6) is 0.300. The summed E-state index contributed by atoms with van der Waals surface area (Å²) in [5, 5.41) is 4.41. The molecule has 1 amide bonds. The highest BCUT2D eigenvalue weighted by atomic mass is 16.2. The molecular weight excluding hydrogens is 302 g/mol. The fourth-order valence-electron chi connectivity index (χ4n) is 4.04. The van der Waals surface area contributed by atoms with E-state index in [1.54, 1.807) is 0 Å². The molecule has 2 aliphatic rings. The van der Waals surface area contributed by atoms with Crippen LogP contribution in [0, 0.1) is 6.92 Å². The molecule has 2 atom stereocenters. The highest BCUT2D eigenvalue weighted by Gasteiger charge is 2.35. The molecule has 0 aliphatic carbocycles. The summed E-state index contributed by atoms with van der Waals surface area (Å²) in [6, 6.07) is 0.391. The molecule has 2 saturated heterocycles. The van der Waals surface area contributed by atoms with Crippen molar-refractivity contribution in [2.45, 2.75) is 52.2 Å². The Bertz CT molecular complexity index is 549. The third-order valence-electron chi connectivity index (χ3n) is 5.57. The number of likely N-dealkylation sites (N-methyl/N-ethyl adjacent to an activating group) is 1. The van der Waals surface area contributed by atoms with E-state index in [9.17, 15) is 4.79 Å². The number of nitrogens with zero attached hydrogens (tertiary/aromatic N) is 5. The van der Waals surface area contributed by atoms with Crippen LogP contribution in [0.3, 0.4) is 0 Å². The van der Waals surface area contributed by atoms with Gasteiger partial charge in [-0.1, -0.05) is 6.92 Å². The fourth-order valence-corrected chi connectivity index (χ4v) is 4.04. The van der Waals surface area contributed by atoms with E-state index in [1.165, 1.54) is 12.0 Å². The lowest BCUT2D eigenvalue weighted by molar-refractivity contribution is -0.138. The number of aryl methyl sites for hydroxylation is 1. The number of carbonyl (C=O) groups is 1. The molecule has 3 heterocycles. The molecule has 6 nitrogen and oxygen atoms in total. The van der Waals surface area contributed by atoms with Crippen LogP contribution in [0.5, 0.6) is 0 Å². The maximum atomic E-state index is 12.9. The lowest BCUT2D eigenvalue weighted by atomic mass is 10.1. The summed E-state index contributed by atoms with van der Waals surface area (Å²) in [5.41, 5.74) is 1.19. The Morgan fingerprint density at radius 2 is 2.04 bits per heavy atom. The van der Waals surface area contributed by atoms with E-state index >= 15 is 0 Å². The molecule has 2 aliphatic heterocycles. The van der Waals surface area contributed by atoms with Crippen molar-refractivity contribution in [1.82, 2.24) is 24.5 Å². The quantitative estimate of drug-likeness (QED) is 0.812. The van der Waals surface area contributed by atoms with Crippen LogP contribution >= 0.6 is 0 Å². The molecule has 134 valence electrons. The van der Waals surface area contributed by atoms with Crippen molar-refractivity contribution in [2.75, 3.05) is 39.3 Å². The van der Waals surface area contributed by atoms with Crippen LogP contribution in [0.2, 0.25) is 0 Å². The second-order valence-electron chi connectivity index (χ2n) is 7.21. The van der Waals surface area contributed by atoms with Crippen molar-refractivity contribution < 1.29 is 4.79 Å². The highest BCUT2D eigenvalue weighted by molar-refractivity contribution is 5.81. The Labute approximate surface area is 145 Å². The van der Waals surface area contributed by atoms with E-state index in [1.807, 2.05) is 10.9 Å². The van der Waals surface area contributed by atoms with E-state index in [2.05, 4.69) is 46.8 Å². The monoisotopic (exact) mass is 333 g/mol. The normalized spacial score (nSPS) is 24.5. The summed E-state index contributed by atoms with van der Waals surface area (Å²) in [7, 11) is 0. The van der Waals surface area contributed by atoms with Gasteiger partial charge in [0.25, 0.3) is 0 Å². The summed E-state index contributed by atoms with van der Waals surface area (Å²) < 4.78 is 2.02. The van der Waals surface area contributed by atoms with Crippen LogP contribution in [0.4, 0.5) is 0 Å². The number of piperazine rings is 1. The second-order valence-corrected chi connectivity index (χ2v) is 7.21. The molecule has 0 aromatic carbocycles. The second kappa shape index (κ2) is 7.66. The molecule has 0 saturated carbocycles. The van der Waals surface area contributed by atoms with Gasteiger partial charge in [0.05, 0.1) is 18.8 Å². The average Bonchev–Trinajstić information content (AvgIpc) is 3.23. The number of amides is 1. The number of carbonyl (C=O) groups excluding carboxylic acids is 1. The molecule has 0 unspecified atom stereocenters. The molecule has 0 N–H and O–H groups in total. The molecule has 6 heteroatoms. The average molecular weight is 333 g/mol. The molecule has 3 rings (SSSR count). The van der Waals surface area contributed by atoms with Gasteiger partial charge in [-0.25, -0.2) is 0 Å². The number of hydrogen-bond donors (Lipinski definition) is 0. The first kappa shape index (κ1) is 17.4. The number of likely N-dealkylation sites (tertiary alicyclic amines) is 1. The fraction of sp³-hybridized carbons (Fsp3) is 0.778. The third kappa shape index (κ3) is 3.81. The van der Waals surface area contributed by atoms with E-state index in [4.69, 9.17) is 0 Å². The van der Waals surface area contributed by atoms with E-state index in [0.717, 1.165) is 52.2 Å². The summed E-state index contributed by atoms with van der Waals surface area (Å²) >= 11 is 0. The molecule has 0 spiro atoms. The van der Waals surface area contributed by atoms with Gasteiger partial charge in [0, 0.05) is 38.4 Å². The molecule has 24 heavy (non-hydrogen) atoms. The minimum atomic E-state index is -0.0256. The van der Waals surface area contributed by atoms with Gasteiger partial charge in [0.1, 0.15) is 0 Å². The molecule has 0 bridgehead atoms. The number of hydrogen-bond acceptors (Lipinski definition) is 4. The van der Waals surface area contributed by atoms with Gasteiger partial charge in [0.2, 0.25) is 5.91 Å². The van der Waals surface area contributed by atoms with Crippen LogP contribution in [-0.4, -0.2) is 81.7 Å². The highest BCUT2D eigenvalue weighted by Crippen LogP contribution is 2.23. The van der Waals surface area contributed by atoms with Crippen molar-refractivity contribution in [3.8, 4) is 0 Å². The predicted octanol–water partition coefficient (Wildman–Crippen LogP) is 1.21. The number of rotatable bonds is 5. The van der Waals surface area contributed by atoms with E-state index < -0.39 is 0 Å². The summed E-state index contributed by atoms with van der Waals surface area (Å²) in [6.07, 6.45) is 6.32. The molecular formula is C18H31N5O. The lowest BCUT2D eigenvalue weighted by Crippen LogP contribution is -2.55. The third-order valence-corrected chi connectivity index (χ3v) is 5.57. The summed E-state index contributed by atoms with van der Waals surface area (Å²) in [4.78, 5) is 19.8. The lowest BCUT2D eigenvalue weighted by Gasteiger charge is -2.38. The van der Waals surface area contributed by atoms with Crippen LogP contribution < -0.4 is 0 Å². The van der Waals surface area contributed by atoms with Crippen molar-refractivity contribution in [3.05, 3.63) is 18.0 Å². The van der Waals surface area contributed by atoms with Gasteiger partial charge < -0.3 is 9.80 Å². The van der Waals surface area contributed by atoms with Gasteiger partial charge in [-0.15, -0.1) is 0 Å². The van der Waals surface area contributed by atoms with Gasteiger partial charge in [-0.05, 0) is 45.3 Å². The largest absolute Gasteiger partial charge is 0.339 e. The minimum Gasteiger partial charge on any atom is -0.339 e. The van der Waals surface area contributed by atoms with Gasteiger partial charge >= 0.3 is 0 Å². The van der Waals surface area contributed by atoms with Crippen molar-refractivity contribution in [3.63, 3.8) is 0 Å². The first-order valence-electron chi connectivity index (χ1n) is 9.34. The Morgan fingerprint density at radius 1 is 1.29 bits per heavy atom. The molecule has 1 aromatic heterocycles. The Morgan fingerprint density at radius 3 is 2.67 bits per heavy atom. The maximum Gasteiger partial charge on any atom is 0.239 e. The van der Waals surface area contributed by atoms with Crippen LogP contribution in [0.15, 0.2) is 12.4 Å². The Kier molecular flexibility index (Phi) is 5.56. The van der Waals surface area contributed by atoms with Gasteiger partial charge in [-0.3, -0.25) is 14.4 Å². The number of aromatic nitrogens is 2. The van der Waals surface area contributed by atoms with E-state index in [-0.39, 0.29) is 6.04 Å². The first-order valence-corrected chi connectivity index (χ1v) is 9.34. The van der Waals surface area contributed by atoms with Crippen LogP contribution in [-0.2, 0) is 11.3 Å². The van der Waals surface area contributed by atoms with Crippen molar-refractivity contribution in [1.29, 1.82) is 0 Å². The van der Waals surface area contributed by atoms with Crippen molar-refractivity contribution in [2.24, 2.45) is 0 Å².